The van der Waals surface area contributed by atoms with Crippen LogP contribution >= 0.6 is 23.2 Å². The molecule has 0 aliphatic heterocycles. The predicted octanol–water partition coefficient (Wildman–Crippen LogP) is 5.75. The summed E-state index contributed by atoms with van der Waals surface area (Å²) in [4.78, 5) is 16.5. The lowest BCUT2D eigenvalue weighted by molar-refractivity contribution is 0.0939. The van der Waals surface area contributed by atoms with Gasteiger partial charge in [0.25, 0.3) is 0 Å². The summed E-state index contributed by atoms with van der Waals surface area (Å²) in [6.07, 6.45) is 1.61. The highest BCUT2D eigenvalue weighted by Gasteiger charge is 2.13. The zero-order valence-electron chi connectivity index (χ0n) is 13.2. The van der Waals surface area contributed by atoms with E-state index in [0.29, 0.717) is 5.56 Å². The average molecular weight is 360 g/mol. The average Bonchev–Trinajstić information content (AvgIpc) is 2.57. The van der Waals surface area contributed by atoms with Gasteiger partial charge in [-0.05, 0) is 41.5 Å². The van der Waals surface area contributed by atoms with Crippen LogP contribution in [0.1, 0.15) is 24.2 Å². The number of carbonyl (C=O) groups excluding carboxylic acids is 1. The zero-order valence-corrected chi connectivity index (χ0v) is 14.7. The number of carbonyl (C=O) groups is 1. The van der Waals surface area contributed by atoms with Crippen molar-refractivity contribution in [2.45, 2.75) is 13.8 Å². The molecule has 0 aliphatic carbocycles. The summed E-state index contributed by atoms with van der Waals surface area (Å²) in [6, 6.07) is 10.9. The number of nitrogens with zero attached hydrogens (tertiary/aromatic N) is 1. The van der Waals surface area contributed by atoms with Crippen molar-refractivity contribution in [3.05, 3.63) is 58.2 Å². The van der Waals surface area contributed by atoms with Crippen molar-refractivity contribution in [3.63, 3.8) is 0 Å². The Balaban J connectivity index is 2.12. The fourth-order valence-corrected chi connectivity index (χ4v) is 3.00. The Bertz CT molecular complexity index is 928. The first-order chi connectivity index (χ1) is 11.4. The third-order valence-corrected chi connectivity index (χ3v) is 4.42. The van der Waals surface area contributed by atoms with Crippen LogP contribution in [0.4, 0.5) is 0 Å². The van der Waals surface area contributed by atoms with Gasteiger partial charge in [-0.15, -0.1) is 0 Å². The van der Waals surface area contributed by atoms with E-state index in [4.69, 9.17) is 23.2 Å². The molecule has 1 heterocycles. The topological polar surface area (TPSA) is 50.2 Å². The smallest absolute Gasteiger partial charge is 0.166 e. The zero-order chi connectivity index (χ0) is 17.4. The molecular formula is C19H15Cl2NO2. The summed E-state index contributed by atoms with van der Waals surface area (Å²) in [6.45, 7) is 3.73. The third-order valence-electron chi connectivity index (χ3n) is 3.84. The maximum atomic E-state index is 12.2. The highest BCUT2D eigenvalue weighted by atomic mass is 35.5. The van der Waals surface area contributed by atoms with Crippen molar-refractivity contribution in [1.29, 1.82) is 0 Å². The Hall–Kier alpha value is -2.10. The number of pyridine rings is 1. The van der Waals surface area contributed by atoms with Crippen LogP contribution in [0.2, 0.25) is 10.0 Å². The number of hydrogen-bond donors (Lipinski definition) is 1. The van der Waals surface area contributed by atoms with Gasteiger partial charge in [-0.25, -0.2) is 0 Å². The minimum atomic E-state index is -0.130. The normalized spacial score (nSPS) is 11.2. The Morgan fingerprint density at radius 3 is 2.33 bits per heavy atom. The largest absolute Gasteiger partial charge is 0.505 e. The van der Waals surface area contributed by atoms with Gasteiger partial charge in [-0.3, -0.25) is 9.78 Å². The summed E-state index contributed by atoms with van der Waals surface area (Å²) in [7, 11) is 0. The molecule has 5 heteroatoms. The van der Waals surface area contributed by atoms with Gasteiger partial charge in [0.2, 0.25) is 0 Å². The molecule has 1 aromatic heterocycles. The second-order valence-corrected chi connectivity index (χ2v) is 6.75. The number of hydrogen-bond acceptors (Lipinski definition) is 3. The lowest BCUT2D eigenvalue weighted by Gasteiger charge is -2.09. The van der Waals surface area contributed by atoms with Gasteiger partial charge in [0.1, 0.15) is 0 Å². The molecule has 122 valence electrons. The Kier molecular flexibility index (Phi) is 4.48. The standard InChI is InChI=1S/C19H15Cl2NO2/c1-10(2)18(23)14-6-13-5-11(3-4-17(13)22-9-14)12-7-15(20)19(24)16(21)8-12/h3-10,24H,1-2H3. The number of phenolic OH excluding ortho intramolecular Hbond substituents is 1. The minimum Gasteiger partial charge on any atom is -0.505 e. The van der Waals surface area contributed by atoms with Crippen LogP contribution in [0.3, 0.4) is 0 Å². The molecule has 0 aliphatic rings. The first-order valence-electron chi connectivity index (χ1n) is 7.49. The number of aromatic hydroxyl groups is 1. The molecule has 0 radical (unpaired) electrons. The Morgan fingerprint density at radius 1 is 1.04 bits per heavy atom. The molecule has 0 saturated heterocycles. The molecule has 3 nitrogen and oxygen atoms in total. The van der Waals surface area contributed by atoms with E-state index < -0.39 is 0 Å². The van der Waals surface area contributed by atoms with Gasteiger partial charge < -0.3 is 5.11 Å². The highest BCUT2D eigenvalue weighted by molar-refractivity contribution is 6.37. The van der Waals surface area contributed by atoms with Crippen molar-refractivity contribution in [3.8, 4) is 16.9 Å². The fourth-order valence-electron chi connectivity index (χ4n) is 2.51. The summed E-state index contributed by atoms with van der Waals surface area (Å²) in [5.41, 5.74) is 3.05. The molecule has 0 unspecified atom stereocenters. The van der Waals surface area contributed by atoms with Crippen LogP contribution in [-0.2, 0) is 0 Å². The van der Waals surface area contributed by atoms with E-state index in [2.05, 4.69) is 4.98 Å². The number of Topliss-reactive ketones (excluding diaryl/α,β-unsaturated/α-hetero) is 1. The van der Waals surface area contributed by atoms with Crippen molar-refractivity contribution in [2.24, 2.45) is 5.92 Å². The molecule has 3 aromatic rings. The van der Waals surface area contributed by atoms with E-state index in [1.165, 1.54) is 0 Å². The summed E-state index contributed by atoms with van der Waals surface area (Å²) < 4.78 is 0. The number of ketones is 1. The molecule has 3 rings (SSSR count). The molecule has 2 aromatic carbocycles. The van der Waals surface area contributed by atoms with Crippen LogP contribution in [0.25, 0.3) is 22.0 Å². The van der Waals surface area contributed by atoms with E-state index in [9.17, 15) is 9.90 Å². The summed E-state index contributed by atoms with van der Waals surface area (Å²) in [5.74, 6) is -0.151. The van der Waals surface area contributed by atoms with Crippen LogP contribution in [0.15, 0.2) is 42.6 Å². The Morgan fingerprint density at radius 2 is 1.71 bits per heavy atom. The van der Waals surface area contributed by atoms with Crippen LogP contribution < -0.4 is 0 Å². The van der Waals surface area contributed by atoms with Gasteiger partial charge in [-0.1, -0.05) is 43.1 Å². The van der Waals surface area contributed by atoms with Gasteiger partial charge >= 0.3 is 0 Å². The monoisotopic (exact) mass is 359 g/mol. The summed E-state index contributed by atoms with van der Waals surface area (Å²) in [5, 5.41) is 10.9. The number of benzene rings is 2. The number of aromatic nitrogens is 1. The van der Waals surface area contributed by atoms with Crippen molar-refractivity contribution in [1.82, 2.24) is 4.98 Å². The highest BCUT2D eigenvalue weighted by Crippen LogP contribution is 2.37. The lowest BCUT2D eigenvalue weighted by atomic mass is 9.99. The van der Waals surface area contributed by atoms with Gasteiger partial charge in [-0.2, -0.15) is 0 Å². The van der Waals surface area contributed by atoms with Crippen LogP contribution in [0, 0.1) is 5.92 Å². The first-order valence-corrected chi connectivity index (χ1v) is 8.25. The SMILES string of the molecule is CC(C)C(=O)c1cnc2ccc(-c3cc(Cl)c(O)c(Cl)c3)cc2c1. The van der Waals surface area contributed by atoms with E-state index >= 15 is 0 Å². The van der Waals surface area contributed by atoms with Gasteiger partial charge in [0.15, 0.2) is 11.5 Å². The van der Waals surface area contributed by atoms with Gasteiger partial charge in [0.05, 0.1) is 15.6 Å². The van der Waals surface area contributed by atoms with Gasteiger partial charge in [0, 0.05) is 23.1 Å². The lowest BCUT2D eigenvalue weighted by Crippen LogP contribution is -2.07. The predicted molar refractivity (Wildman–Crippen MR) is 98.0 cm³/mol. The quantitative estimate of drug-likeness (QED) is 0.605. The molecule has 1 N–H and O–H groups in total. The van der Waals surface area contributed by atoms with Crippen LogP contribution in [0.5, 0.6) is 5.75 Å². The molecule has 0 bridgehead atoms. The van der Waals surface area contributed by atoms with Crippen molar-refractivity contribution in [2.75, 3.05) is 0 Å². The second kappa shape index (κ2) is 6.42. The van der Waals surface area contributed by atoms with Crippen molar-refractivity contribution >= 4 is 39.9 Å². The number of phenols is 1. The van der Waals surface area contributed by atoms with E-state index in [1.807, 2.05) is 38.1 Å². The molecule has 0 amide bonds. The molecule has 0 spiro atoms. The molecule has 0 fully saturated rings. The molecule has 24 heavy (non-hydrogen) atoms. The third kappa shape index (κ3) is 3.10. The van der Waals surface area contributed by atoms with E-state index in [1.54, 1.807) is 18.3 Å². The number of rotatable bonds is 3. The van der Waals surface area contributed by atoms with Crippen LogP contribution in [-0.4, -0.2) is 15.9 Å². The number of halogens is 2. The van der Waals surface area contributed by atoms with E-state index in [0.717, 1.165) is 22.0 Å². The van der Waals surface area contributed by atoms with E-state index in [-0.39, 0.29) is 27.5 Å². The summed E-state index contributed by atoms with van der Waals surface area (Å²) >= 11 is 12.0. The second-order valence-electron chi connectivity index (χ2n) is 5.94. The number of fused-ring (bicyclic) bond motifs is 1. The molecule has 0 atom stereocenters. The van der Waals surface area contributed by atoms with Crippen molar-refractivity contribution < 1.29 is 9.90 Å². The maximum Gasteiger partial charge on any atom is 0.166 e. The maximum absolute atomic E-state index is 12.2. The fraction of sp³-hybridized carbons (Fsp3) is 0.158. The Labute approximate surface area is 149 Å². The minimum absolute atomic E-state index is 0.0607. The molecule has 0 saturated carbocycles. The molecular weight excluding hydrogens is 345 g/mol. The first kappa shape index (κ1) is 16.7.